The number of carbonyl (C=O) groups is 1. The summed E-state index contributed by atoms with van der Waals surface area (Å²) in [7, 11) is 0. The van der Waals surface area contributed by atoms with E-state index in [0.29, 0.717) is 5.92 Å². The van der Waals surface area contributed by atoms with Gasteiger partial charge in [0.1, 0.15) is 0 Å². The molecule has 0 saturated carbocycles. The normalized spacial score (nSPS) is 18.0. The molecule has 24 heavy (non-hydrogen) atoms. The monoisotopic (exact) mass is 323 g/mol. The molecule has 2 aromatic carbocycles. The number of benzene rings is 2. The molecule has 3 heteroatoms. The molecule has 1 aliphatic heterocycles. The maximum absolute atomic E-state index is 11.3. The van der Waals surface area contributed by atoms with Gasteiger partial charge in [-0.2, -0.15) is 0 Å². The van der Waals surface area contributed by atoms with E-state index in [2.05, 4.69) is 29.2 Å². The van der Waals surface area contributed by atoms with E-state index in [1.165, 1.54) is 17.5 Å². The van der Waals surface area contributed by atoms with Crippen LogP contribution in [0.2, 0.25) is 0 Å². The smallest absolute Gasteiger partial charge is 0.159 e. The number of Topliss-reactive ketones (excluding diaryl/α,β-unsaturated/α-hetero) is 1. The van der Waals surface area contributed by atoms with Crippen molar-refractivity contribution in [3.8, 4) is 0 Å². The van der Waals surface area contributed by atoms with Crippen molar-refractivity contribution in [1.82, 2.24) is 4.90 Å². The molecule has 0 radical (unpaired) electrons. The topological polar surface area (TPSA) is 40.5 Å². The largest absolute Gasteiger partial charge is 0.392 e. The minimum atomic E-state index is 0.111. The highest BCUT2D eigenvalue weighted by Gasteiger charge is 2.22. The van der Waals surface area contributed by atoms with E-state index in [1.54, 1.807) is 6.92 Å². The SMILES string of the molecule is CC(=O)c1ccc(CN2CC[C@H](Cc3ccc(CO)cc3)C2)cc1. The first kappa shape index (κ1) is 16.9. The molecule has 0 aliphatic carbocycles. The molecular weight excluding hydrogens is 298 g/mol. The molecule has 3 rings (SSSR count). The van der Waals surface area contributed by atoms with Crippen molar-refractivity contribution >= 4 is 5.78 Å². The van der Waals surface area contributed by atoms with Crippen molar-refractivity contribution in [3.63, 3.8) is 0 Å². The molecule has 126 valence electrons. The van der Waals surface area contributed by atoms with Gasteiger partial charge in [-0.1, -0.05) is 48.5 Å². The number of carbonyl (C=O) groups excluding carboxylic acids is 1. The van der Waals surface area contributed by atoms with Gasteiger partial charge in [0.2, 0.25) is 0 Å². The average molecular weight is 323 g/mol. The minimum Gasteiger partial charge on any atom is -0.392 e. The molecule has 0 aromatic heterocycles. The van der Waals surface area contributed by atoms with Crippen molar-refractivity contribution < 1.29 is 9.90 Å². The van der Waals surface area contributed by atoms with E-state index < -0.39 is 0 Å². The lowest BCUT2D eigenvalue weighted by Gasteiger charge is -2.16. The van der Waals surface area contributed by atoms with E-state index in [9.17, 15) is 4.79 Å². The molecule has 2 aromatic rings. The Kier molecular flexibility index (Phi) is 5.44. The van der Waals surface area contributed by atoms with Crippen molar-refractivity contribution in [2.45, 2.75) is 32.9 Å². The summed E-state index contributed by atoms with van der Waals surface area (Å²) in [5.41, 5.74) is 4.38. The molecule has 0 spiro atoms. The number of rotatable bonds is 6. The fourth-order valence-electron chi connectivity index (χ4n) is 3.44. The Balaban J connectivity index is 1.52. The number of hydrogen-bond donors (Lipinski definition) is 1. The van der Waals surface area contributed by atoms with E-state index in [1.807, 2.05) is 24.3 Å². The maximum Gasteiger partial charge on any atom is 0.159 e. The molecule has 1 saturated heterocycles. The van der Waals surface area contributed by atoms with Crippen LogP contribution in [0.1, 0.15) is 40.4 Å². The Morgan fingerprint density at radius 1 is 1.04 bits per heavy atom. The van der Waals surface area contributed by atoms with Gasteiger partial charge in [0.05, 0.1) is 6.61 Å². The fraction of sp³-hybridized carbons (Fsp3) is 0.381. The predicted octanol–water partition coefficient (Wildman–Crippen LogP) is 3.45. The third-order valence-corrected chi connectivity index (χ3v) is 4.87. The van der Waals surface area contributed by atoms with Gasteiger partial charge in [-0.15, -0.1) is 0 Å². The first-order chi connectivity index (χ1) is 11.6. The second-order valence-corrected chi connectivity index (χ2v) is 6.82. The summed E-state index contributed by atoms with van der Waals surface area (Å²) in [6.07, 6.45) is 2.33. The number of aliphatic hydroxyl groups is 1. The van der Waals surface area contributed by atoms with Crippen molar-refractivity contribution in [2.75, 3.05) is 13.1 Å². The molecule has 1 aliphatic rings. The molecule has 1 fully saturated rings. The lowest BCUT2D eigenvalue weighted by atomic mass is 9.98. The van der Waals surface area contributed by atoms with Gasteiger partial charge in [-0.25, -0.2) is 0 Å². The van der Waals surface area contributed by atoms with Gasteiger partial charge in [-0.3, -0.25) is 9.69 Å². The Morgan fingerprint density at radius 2 is 1.67 bits per heavy atom. The first-order valence-electron chi connectivity index (χ1n) is 8.65. The number of likely N-dealkylation sites (tertiary alicyclic amines) is 1. The van der Waals surface area contributed by atoms with Crippen LogP contribution in [0.3, 0.4) is 0 Å². The molecule has 1 heterocycles. The number of aliphatic hydroxyl groups excluding tert-OH is 1. The summed E-state index contributed by atoms with van der Waals surface area (Å²) >= 11 is 0. The van der Waals surface area contributed by atoms with Gasteiger partial charge in [0.25, 0.3) is 0 Å². The Morgan fingerprint density at radius 3 is 2.29 bits per heavy atom. The highest BCUT2D eigenvalue weighted by molar-refractivity contribution is 5.93. The summed E-state index contributed by atoms with van der Waals surface area (Å²) in [6.45, 7) is 4.93. The maximum atomic E-state index is 11.3. The van der Waals surface area contributed by atoms with Crippen LogP contribution in [-0.2, 0) is 19.6 Å². The van der Waals surface area contributed by atoms with Crippen LogP contribution in [0.15, 0.2) is 48.5 Å². The molecule has 0 amide bonds. The Bertz CT molecular complexity index is 676. The molecule has 1 N–H and O–H groups in total. The van der Waals surface area contributed by atoms with Crippen LogP contribution < -0.4 is 0 Å². The van der Waals surface area contributed by atoms with Gasteiger partial charge in [-0.05, 0) is 48.9 Å². The van der Waals surface area contributed by atoms with Crippen LogP contribution in [0.4, 0.5) is 0 Å². The van der Waals surface area contributed by atoms with E-state index in [4.69, 9.17) is 5.11 Å². The first-order valence-corrected chi connectivity index (χ1v) is 8.65. The Hall–Kier alpha value is -1.97. The molecule has 1 atom stereocenters. The zero-order chi connectivity index (χ0) is 16.9. The second-order valence-electron chi connectivity index (χ2n) is 6.82. The lowest BCUT2D eigenvalue weighted by molar-refractivity contribution is 0.101. The minimum absolute atomic E-state index is 0.111. The predicted molar refractivity (Wildman–Crippen MR) is 95.9 cm³/mol. The van der Waals surface area contributed by atoms with Crippen molar-refractivity contribution in [2.24, 2.45) is 5.92 Å². The summed E-state index contributed by atoms with van der Waals surface area (Å²) in [4.78, 5) is 13.8. The highest BCUT2D eigenvalue weighted by Crippen LogP contribution is 2.23. The van der Waals surface area contributed by atoms with Gasteiger partial charge >= 0.3 is 0 Å². The summed E-state index contributed by atoms with van der Waals surface area (Å²) in [5, 5.41) is 9.11. The molecular formula is C21H25NO2. The van der Waals surface area contributed by atoms with Crippen LogP contribution in [0.5, 0.6) is 0 Å². The summed E-state index contributed by atoms with van der Waals surface area (Å²) < 4.78 is 0. The standard InChI is InChI=1S/C21H25NO2/c1-16(24)21-8-6-18(7-9-21)13-22-11-10-20(14-22)12-17-2-4-19(15-23)5-3-17/h2-9,20,23H,10-15H2,1H3/t20-/m1/s1. The lowest BCUT2D eigenvalue weighted by Crippen LogP contribution is -2.20. The van der Waals surface area contributed by atoms with Gasteiger partial charge in [0, 0.05) is 18.7 Å². The van der Waals surface area contributed by atoms with Crippen LogP contribution in [0, 0.1) is 5.92 Å². The number of nitrogens with zero attached hydrogens (tertiary/aromatic N) is 1. The summed E-state index contributed by atoms with van der Waals surface area (Å²) in [6, 6.07) is 16.3. The second kappa shape index (κ2) is 7.73. The number of ketones is 1. The molecule has 0 bridgehead atoms. The third-order valence-electron chi connectivity index (χ3n) is 4.87. The third kappa shape index (κ3) is 4.31. The number of hydrogen-bond acceptors (Lipinski definition) is 3. The van der Waals surface area contributed by atoms with Gasteiger partial charge in [0.15, 0.2) is 5.78 Å². The highest BCUT2D eigenvalue weighted by atomic mass is 16.3. The van der Waals surface area contributed by atoms with E-state index in [-0.39, 0.29) is 12.4 Å². The summed E-state index contributed by atoms with van der Waals surface area (Å²) in [5.74, 6) is 0.816. The van der Waals surface area contributed by atoms with Crippen LogP contribution >= 0.6 is 0 Å². The molecule has 3 nitrogen and oxygen atoms in total. The van der Waals surface area contributed by atoms with Crippen LogP contribution in [0.25, 0.3) is 0 Å². The van der Waals surface area contributed by atoms with Crippen molar-refractivity contribution in [1.29, 1.82) is 0 Å². The fourth-order valence-corrected chi connectivity index (χ4v) is 3.44. The van der Waals surface area contributed by atoms with Crippen LogP contribution in [-0.4, -0.2) is 28.9 Å². The van der Waals surface area contributed by atoms with Gasteiger partial charge < -0.3 is 5.11 Å². The average Bonchev–Trinajstić information content (AvgIpc) is 3.03. The quantitative estimate of drug-likeness (QED) is 0.828. The van der Waals surface area contributed by atoms with E-state index >= 15 is 0 Å². The zero-order valence-electron chi connectivity index (χ0n) is 14.2. The Labute approximate surface area is 143 Å². The zero-order valence-corrected chi connectivity index (χ0v) is 14.2. The molecule has 0 unspecified atom stereocenters. The van der Waals surface area contributed by atoms with E-state index in [0.717, 1.165) is 37.2 Å². The van der Waals surface area contributed by atoms with Crippen molar-refractivity contribution in [3.05, 3.63) is 70.8 Å².